The van der Waals surface area contributed by atoms with Gasteiger partial charge in [0.25, 0.3) is 0 Å². The van der Waals surface area contributed by atoms with Crippen molar-refractivity contribution >= 4 is 5.96 Å². The zero-order valence-electron chi connectivity index (χ0n) is 17.1. The fourth-order valence-corrected chi connectivity index (χ4v) is 4.38. The summed E-state index contributed by atoms with van der Waals surface area (Å²) in [5, 5.41) is 7.03. The maximum Gasteiger partial charge on any atom is 0.191 e. The number of rotatable bonds is 5. The molecule has 0 bridgehead atoms. The first-order chi connectivity index (χ1) is 13.0. The van der Waals surface area contributed by atoms with E-state index in [1.54, 1.807) is 12.1 Å². The number of aliphatic imine (C=N–C) groups is 1. The van der Waals surface area contributed by atoms with Crippen LogP contribution >= 0.6 is 0 Å². The van der Waals surface area contributed by atoms with Crippen LogP contribution in [0.2, 0.25) is 0 Å². The summed E-state index contributed by atoms with van der Waals surface area (Å²) in [5.74, 6) is 0.663. The molecule has 0 radical (unpaired) electrons. The molecular weight excluding hydrogens is 339 g/mol. The maximum atomic E-state index is 13.6. The van der Waals surface area contributed by atoms with Gasteiger partial charge < -0.3 is 15.5 Å². The van der Waals surface area contributed by atoms with Gasteiger partial charge in [0.1, 0.15) is 5.82 Å². The van der Waals surface area contributed by atoms with Crippen LogP contribution in [0.1, 0.15) is 57.9 Å². The van der Waals surface area contributed by atoms with Crippen molar-refractivity contribution in [2.45, 2.75) is 69.9 Å². The van der Waals surface area contributed by atoms with Gasteiger partial charge in [0.05, 0.1) is 0 Å². The average molecular weight is 375 g/mol. The predicted molar refractivity (Wildman–Crippen MR) is 111 cm³/mol. The first-order valence-electron chi connectivity index (χ1n) is 10.5. The molecule has 1 aromatic carbocycles. The zero-order chi connectivity index (χ0) is 19.3. The van der Waals surface area contributed by atoms with Gasteiger partial charge in [-0.1, -0.05) is 38.8 Å². The van der Waals surface area contributed by atoms with Gasteiger partial charge in [-0.05, 0) is 43.4 Å². The van der Waals surface area contributed by atoms with E-state index in [4.69, 9.17) is 0 Å². The van der Waals surface area contributed by atoms with Crippen LogP contribution in [-0.4, -0.2) is 49.6 Å². The average Bonchev–Trinajstić information content (AvgIpc) is 3.20. The Bertz CT molecular complexity index is 629. The second-order valence-electron chi connectivity index (χ2n) is 8.71. The number of likely N-dealkylation sites (tertiary alicyclic amines) is 1. The molecule has 150 valence electrons. The van der Waals surface area contributed by atoms with E-state index in [-0.39, 0.29) is 11.2 Å². The Balaban J connectivity index is 1.47. The minimum absolute atomic E-state index is 0.175. The SMILES string of the molecule is CN=C(NCC(C)(C)c1cccc(F)c1)NC1CCN(C2CCCC2)CC1. The molecule has 1 aromatic rings. The van der Waals surface area contributed by atoms with Crippen LogP contribution in [0.25, 0.3) is 0 Å². The standard InChI is InChI=1S/C22H35FN4/c1-22(2,17-7-6-8-18(23)15-17)16-25-21(24-3)26-19-11-13-27(14-12-19)20-9-4-5-10-20/h6-8,15,19-20H,4-5,9-14,16H2,1-3H3,(H2,24,25,26). The van der Waals surface area contributed by atoms with Crippen LogP contribution in [0.4, 0.5) is 4.39 Å². The van der Waals surface area contributed by atoms with E-state index in [9.17, 15) is 4.39 Å². The van der Waals surface area contributed by atoms with Crippen molar-refractivity contribution in [2.24, 2.45) is 4.99 Å². The zero-order valence-corrected chi connectivity index (χ0v) is 17.1. The van der Waals surface area contributed by atoms with Crippen molar-refractivity contribution < 1.29 is 4.39 Å². The van der Waals surface area contributed by atoms with E-state index in [2.05, 4.69) is 34.4 Å². The highest BCUT2D eigenvalue weighted by molar-refractivity contribution is 5.80. The highest BCUT2D eigenvalue weighted by atomic mass is 19.1. The number of halogens is 1. The lowest BCUT2D eigenvalue weighted by Crippen LogP contribution is -2.51. The molecule has 1 aliphatic heterocycles. The second kappa shape index (κ2) is 9.05. The van der Waals surface area contributed by atoms with Crippen molar-refractivity contribution in [3.05, 3.63) is 35.6 Å². The van der Waals surface area contributed by atoms with Crippen molar-refractivity contribution in [3.8, 4) is 0 Å². The van der Waals surface area contributed by atoms with Gasteiger partial charge in [-0.2, -0.15) is 0 Å². The Morgan fingerprint density at radius 2 is 1.89 bits per heavy atom. The van der Waals surface area contributed by atoms with Gasteiger partial charge in [-0.25, -0.2) is 4.39 Å². The third-order valence-corrected chi connectivity index (χ3v) is 6.24. The molecule has 0 aromatic heterocycles. The summed E-state index contributed by atoms with van der Waals surface area (Å²) in [5.41, 5.74) is 0.821. The topological polar surface area (TPSA) is 39.7 Å². The molecule has 0 spiro atoms. The Morgan fingerprint density at radius 1 is 1.19 bits per heavy atom. The lowest BCUT2D eigenvalue weighted by molar-refractivity contribution is 0.150. The summed E-state index contributed by atoms with van der Waals surface area (Å²) in [7, 11) is 1.82. The molecule has 0 unspecified atom stereocenters. The smallest absolute Gasteiger partial charge is 0.191 e. The predicted octanol–water partition coefficient (Wildman–Crippen LogP) is 3.68. The number of nitrogens with one attached hydrogen (secondary N) is 2. The molecule has 0 atom stereocenters. The number of benzene rings is 1. The molecule has 0 amide bonds. The summed E-state index contributed by atoms with van der Waals surface area (Å²) in [4.78, 5) is 7.09. The molecule has 1 saturated carbocycles. The van der Waals surface area contributed by atoms with Crippen LogP contribution in [0.15, 0.2) is 29.3 Å². The van der Waals surface area contributed by atoms with E-state index >= 15 is 0 Å². The summed E-state index contributed by atoms with van der Waals surface area (Å²) >= 11 is 0. The van der Waals surface area contributed by atoms with E-state index < -0.39 is 0 Å². The third-order valence-electron chi connectivity index (χ3n) is 6.24. The molecule has 2 fully saturated rings. The fraction of sp³-hybridized carbons (Fsp3) is 0.682. The largest absolute Gasteiger partial charge is 0.356 e. The van der Waals surface area contributed by atoms with Gasteiger partial charge in [0.2, 0.25) is 0 Å². The first-order valence-corrected chi connectivity index (χ1v) is 10.5. The second-order valence-corrected chi connectivity index (χ2v) is 8.71. The van der Waals surface area contributed by atoms with Gasteiger partial charge >= 0.3 is 0 Å². The molecule has 3 rings (SSSR count). The molecule has 1 saturated heterocycles. The quantitative estimate of drug-likeness (QED) is 0.610. The minimum Gasteiger partial charge on any atom is -0.356 e. The summed E-state index contributed by atoms with van der Waals surface area (Å²) < 4.78 is 13.6. The van der Waals surface area contributed by atoms with Crippen molar-refractivity contribution in [1.82, 2.24) is 15.5 Å². The van der Waals surface area contributed by atoms with E-state index in [0.717, 1.165) is 17.6 Å². The fourth-order valence-electron chi connectivity index (χ4n) is 4.38. The first kappa shape index (κ1) is 20.1. The molecule has 1 heterocycles. The normalized spacial score (nSPS) is 20.8. The molecule has 2 aliphatic rings. The van der Waals surface area contributed by atoms with Crippen LogP contribution in [0.5, 0.6) is 0 Å². The number of guanidine groups is 1. The van der Waals surface area contributed by atoms with Gasteiger partial charge in [0.15, 0.2) is 5.96 Å². The van der Waals surface area contributed by atoms with Gasteiger partial charge in [0, 0.05) is 44.2 Å². The Kier molecular flexibility index (Phi) is 6.74. The number of hydrogen-bond acceptors (Lipinski definition) is 2. The lowest BCUT2D eigenvalue weighted by Gasteiger charge is -2.37. The molecule has 1 aliphatic carbocycles. The van der Waals surface area contributed by atoms with Crippen LogP contribution in [-0.2, 0) is 5.41 Å². The molecule has 2 N–H and O–H groups in total. The lowest BCUT2D eigenvalue weighted by atomic mass is 9.84. The summed E-state index contributed by atoms with van der Waals surface area (Å²) in [6, 6.07) is 8.18. The van der Waals surface area contributed by atoms with E-state index in [0.29, 0.717) is 12.6 Å². The Hall–Kier alpha value is -1.62. The van der Waals surface area contributed by atoms with Crippen molar-refractivity contribution in [1.29, 1.82) is 0 Å². The highest BCUT2D eigenvalue weighted by Gasteiger charge is 2.28. The highest BCUT2D eigenvalue weighted by Crippen LogP contribution is 2.26. The van der Waals surface area contributed by atoms with Crippen LogP contribution in [0.3, 0.4) is 0 Å². The third kappa shape index (κ3) is 5.44. The van der Waals surface area contributed by atoms with Gasteiger partial charge in [-0.15, -0.1) is 0 Å². The van der Waals surface area contributed by atoms with E-state index in [1.165, 1.54) is 57.7 Å². The molecule has 5 heteroatoms. The number of nitrogens with zero attached hydrogens (tertiary/aromatic N) is 2. The molecule has 4 nitrogen and oxygen atoms in total. The van der Waals surface area contributed by atoms with Crippen molar-refractivity contribution in [2.75, 3.05) is 26.7 Å². The number of piperidine rings is 1. The van der Waals surface area contributed by atoms with Gasteiger partial charge in [-0.3, -0.25) is 4.99 Å². The Morgan fingerprint density at radius 3 is 2.52 bits per heavy atom. The molecular formula is C22H35FN4. The maximum absolute atomic E-state index is 13.6. The molecule has 27 heavy (non-hydrogen) atoms. The minimum atomic E-state index is -0.183. The number of hydrogen-bond donors (Lipinski definition) is 2. The monoisotopic (exact) mass is 374 g/mol. The summed E-state index contributed by atoms with van der Waals surface area (Å²) in [6.45, 7) is 7.34. The van der Waals surface area contributed by atoms with Crippen molar-refractivity contribution in [3.63, 3.8) is 0 Å². The van der Waals surface area contributed by atoms with Crippen LogP contribution < -0.4 is 10.6 Å². The van der Waals surface area contributed by atoms with Crippen LogP contribution in [0, 0.1) is 5.82 Å². The summed E-state index contributed by atoms with van der Waals surface area (Å²) in [6.07, 6.45) is 7.92. The van der Waals surface area contributed by atoms with E-state index in [1.807, 2.05) is 13.1 Å². The Labute approximate surface area is 163 Å².